The second-order valence-corrected chi connectivity index (χ2v) is 11.6. The van der Waals surface area contributed by atoms with Crippen molar-refractivity contribution in [2.75, 3.05) is 33.0 Å². The number of cyclic esters (lactones) is 1. The van der Waals surface area contributed by atoms with E-state index in [4.69, 9.17) is 23.7 Å². The molecule has 3 atom stereocenters. The van der Waals surface area contributed by atoms with Crippen molar-refractivity contribution in [3.8, 4) is 11.1 Å². The summed E-state index contributed by atoms with van der Waals surface area (Å²) in [6.45, 7) is 5.23. The van der Waals surface area contributed by atoms with Crippen molar-refractivity contribution in [3.63, 3.8) is 0 Å². The average molecular weight is 640 g/mol. The SMILES string of the molecule is Cc1cccc(-c2cc(C(=O)[C@@H](Cc3ccccc3)C(=O)N3C(=O)O[C@H](c4ccccc4)[C@@H]3C)oc2CCCOCCOCCO)c1. The van der Waals surface area contributed by atoms with E-state index in [1.807, 2.05) is 91.9 Å². The lowest BCUT2D eigenvalue weighted by molar-refractivity contribution is -0.131. The van der Waals surface area contributed by atoms with Crippen LogP contribution in [0.15, 0.2) is 95.4 Å². The lowest BCUT2D eigenvalue weighted by atomic mass is 9.91. The number of hydrogen-bond donors (Lipinski definition) is 1. The quantitative estimate of drug-likeness (QED) is 0.0855. The summed E-state index contributed by atoms with van der Waals surface area (Å²) in [7, 11) is 0. The summed E-state index contributed by atoms with van der Waals surface area (Å²) < 4.78 is 22.8. The van der Waals surface area contributed by atoms with Gasteiger partial charge in [-0.25, -0.2) is 9.69 Å². The molecule has 1 aliphatic rings. The Morgan fingerprint density at radius 2 is 1.60 bits per heavy atom. The van der Waals surface area contributed by atoms with Gasteiger partial charge < -0.3 is 23.7 Å². The Balaban J connectivity index is 1.41. The number of ketones is 1. The van der Waals surface area contributed by atoms with Crippen LogP contribution < -0.4 is 0 Å². The van der Waals surface area contributed by atoms with Gasteiger partial charge in [-0.1, -0.05) is 90.5 Å². The number of imide groups is 1. The molecule has 9 nitrogen and oxygen atoms in total. The monoisotopic (exact) mass is 639 g/mol. The fraction of sp³-hybridized carbons (Fsp3) is 0.342. The van der Waals surface area contributed by atoms with Gasteiger partial charge in [0.1, 0.15) is 17.8 Å². The summed E-state index contributed by atoms with van der Waals surface area (Å²) in [5.41, 5.74) is 4.28. The van der Waals surface area contributed by atoms with Gasteiger partial charge >= 0.3 is 6.09 Å². The number of aryl methyl sites for hydroxylation is 2. The van der Waals surface area contributed by atoms with Gasteiger partial charge in [0.2, 0.25) is 11.7 Å². The fourth-order valence-corrected chi connectivity index (χ4v) is 5.84. The van der Waals surface area contributed by atoms with Gasteiger partial charge in [-0.05, 0) is 49.4 Å². The second-order valence-electron chi connectivity index (χ2n) is 11.6. The summed E-state index contributed by atoms with van der Waals surface area (Å²) >= 11 is 0. The minimum atomic E-state index is -1.21. The van der Waals surface area contributed by atoms with Crippen LogP contribution in [0.3, 0.4) is 0 Å². The van der Waals surface area contributed by atoms with Gasteiger partial charge in [-0.2, -0.15) is 0 Å². The molecule has 0 saturated carbocycles. The largest absolute Gasteiger partial charge is 0.457 e. The molecule has 0 bridgehead atoms. The molecular formula is C38H41NO8. The van der Waals surface area contributed by atoms with E-state index < -0.39 is 35.8 Å². The minimum absolute atomic E-state index is 0.0333. The molecule has 246 valence electrons. The summed E-state index contributed by atoms with van der Waals surface area (Å²) in [5, 5.41) is 8.84. The predicted molar refractivity (Wildman–Crippen MR) is 176 cm³/mol. The molecule has 9 heteroatoms. The van der Waals surface area contributed by atoms with Gasteiger partial charge in [0.25, 0.3) is 0 Å². The van der Waals surface area contributed by atoms with Crippen molar-refractivity contribution >= 4 is 17.8 Å². The number of ether oxygens (including phenoxy) is 3. The average Bonchev–Trinajstić information content (AvgIpc) is 3.65. The molecule has 2 amide bonds. The Bertz CT molecular complexity index is 1630. The zero-order valence-electron chi connectivity index (χ0n) is 26.8. The minimum Gasteiger partial charge on any atom is -0.457 e. The number of aliphatic hydroxyl groups is 1. The third-order valence-corrected chi connectivity index (χ3v) is 8.21. The molecule has 1 fully saturated rings. The van der Waals surface area contributed by atoms with Crippen molar-refractivity contribution in [1.82, 2.24) is 4.90 Å². The first-order chi connectivity index (χ1) is 22.9. The van der Waals surface area contributed by atoms with E-state index in [0.717, 1.165) is 32.7 Å². The first-order valence-electron chi connectivity index (χ1n) is 16.0. The third kappa shape index (κ3) is 8.43. The van der Waals surface area contributed by atoms with Crippen LogP contribution >= 0.6 is 0 Å². The maximum atomic E-state index is 14.3. The number of hydrogen-bond acceptors (Lipinski definition) is 8. The molecule has 0 spiro atoms. The summed E-state index contributed by atoms with van der Waals surface area (Å²) in [6.07, 6.45) is -0.201. The molecule has 2 heterocycles. The van der Waals surface area contributed by atoms with Gasteiger partial charge in [0.15, 0.2) is 5.76 Å². The molecule has 1 N–H and O–H groups in total. The number of amides is 2. The Morgan fingerprint density at radius 1 is 0.894 bits per heavy atom. The van der Waals surface area contributed by atoms with Crippen LogP contribution in [0.25, 0.3) is 11.1 Å². The number of Topliss-reactive ketones (excluding diaryl/α,β-unsaturated/α-hetero) is 1. The van der Waals surface area contributed by atoms with Crippen LogP contribution in [0.2, 0.25) is 0 Å². The number of rotatable bonds is 16. The third-order valence-electron chi connectivity index (χ3n) is 8.21. The standard InChI is InChI=1S/C38H41NO8/c1-26-11-9-16-30(23-26)31-25-34(46-33(31)17-10-19-44-21-22-45-20-18-40)35(41)32(24-28-12-5-3-6-13-28)37(42)39-27(2)36(47-38(39)43)29-14-7-4-8-15-29/h3-9,11-16,23,25,27,32,36,40H,10,17-22,24H2,1-2H3/t27-,32+,36-/m0/s1. The zero-order chi connectivity index (χ0) is 33.2. The molecule has 0 unspecified atom stereocenters. The molecule has 47 heavy (non-hydrogen) atoms. The Morgan fingerprint density at radius 3 is 2.30 bits per heavy atom. The highest BCUT2D eigenvalue weighted by Gasteiger charge is 2.47. The lowest BCUT2D eigenvalue weighted by Crippen LogP contribution is -2.44. The first-order valence-corrected chi connectivity index (χ1v) is 16.0. The smallest absolute Gasteiger partial charge is 0.417 e. The summed E-state index contributed by atoms with van der Waals surface area (Å²) in [4.78, 5) is 42.8. The molecule has 3 aromatic carbocycles. The van der Waals surface area contributed by atoms with E-state index in [9.17, 15) is 14.4 Å². The summed E-state index contributed by atoms with van der Waals surface area (Å²) in [6, 6.07) is 27.6. The number of furan rings is 1. The van der Waals surface area contributed by atoms with Crippen LogP contribution in [-0.4, -0.2) is 66.9 Å². The molecule has 5 rings (SSSR count). The summed E-state index contributed by atoms with van der Waals surface area (Å²) in [5.74, 6) is -1.67. The number of aliphatic hydroxyl groups excluding tert-OH is 1. The molecule has 0 radical (unpaired) electrons. The zero-order valence-corrected chi connectivity index (χ0v) is 26.8. The highest BCUT2D eigenvalue weighted by Crippen LogP contribution is 2.35. The van der Waals surface area contributed by atoms with E-state index in [-0.39, 0.29) is 25.4 Å². The van der Waals surface area contributed by atoms with Crippen molar-refractivity contribution in [2.24, 2.45) is 5.92 Å². The lowest BCUT2D eigenvalue weighted by Gasteiger charge is -2.23. The molecular weight excluding hydrogens is 598 g/mol. The number of nitrogens with zero attached hydrogens (tertiary/aromatic N) is 1. The van der Waals surface area contributed by atoms with Crippen LogP contribution in [0.5, 0.6) is 0 Å². The number of benzene rings is 3. The van der Waals surface area contributed by atoms with E-state index in [0.29, 0.717) is 38.4 Å². The number of carbonyl (C=O) groups excluding carboxylic acids is 3. The van der Waals surface area contributed by atoms with Crippen molar-refractivity contribution < 1.29 is 38.1 Å². The first kappa shape index (κ1) is 33.8. The maximum absolute atomic E-state index is 14.3. The maximum Gasteiger partial charge on any atom is 0.417 e. The molecule has 0 aliphatic carbocycles. The van der Waals surface area contributed by atoms with Gasteiger partial charge in [0.05, 0.1) is 32.5 Å². The highest BCUT2D eigenvalue weighted by molar-refractivity contribution is 6.12. The Kier molecular flexibility index (Phi) is 11.7. The number of carbonyl (C=O) groups is 3. The molecule has 1 saturated heterocycles. The Labute approximate surface area is 275 Å². The van der Waals surface area contributed by atoms with Crippen LogP contribution in [-0.2, 0) is 31.8 Å². The van der Waals surface area contributed by atoms with Crippen molar-refractivity contribution in [3.05, 3.63) is 119 Å². The van der Waals surface area contributed by atoms with Gasteiger partial charge in [-0.3, -0.25) is 9.59 Å². The van der Waals surface area contributed by atoms with Crippen LogP contribution in [0.4, 0.5) is 4.79 Å². The van der Waals surface area contributed by atoms with E-state index in [2.05, 4.69) is 0 Å². The molecule has 4 aromatic rings. The highest BCUT2D eigenvalue weighted by atomic mass is 16.6. The van der Waals surface area contributed by atoms with Gasteiger partial charge in [0, 0.05) is 18.6 Å². The van der Waals surface area contributed by atoms with Crippen LogP contribution in [0.1, 0.15) is 52.5 Å². The van der Waals surface area contributed by atoms with Crippen LogP contribution in [0, 0.1) is 12.8 Å². The van der Waals surface area contributed by atoms with E-state index >= 15 is 0 Å². The van der Waals surface area contributed by atoms with Crippen molar-refractivity contribution in [2.45, 2.75) is 45.3 Å². The second kappa shape index (κ2) is 16.3. The van der Waals surface area contributed by atoms with Crippen molar-refractivity contribution in [1.29, 1.82) is 0 Å². The molecule has 1 aliphatic heterocycles. The normalized spacial score (nSPS) is 16.7. The van der Waals surface area contributed by atoms with E-state index in [1.54, 1.807) is 13.0 Å². The Hall–Kier alpha value is -4.57. The fourth-order valence-electron chi connectivity index (χ4n) is 5.84. The predicted octanol–water partition coefficient (Wildman–Crippen LogP) is 6.36. The molecule has 1 aromatic heterocycles. The van der Waals surface area contributed by atoms with E-state index in [1.165, 1.54) is 0 Å². The van der Waals surface area contributed by atoms with Gasteiger partial charge in [-0.15, -0.1) is 0 Å². The topological polar surface area (TPSA) is 116 Å².